The summed E-state index contributed by atoms with van der Waals surface area (Å²) in [4.78, 5) is 13.4. The maximum absolute atomic E-state index is 13.9. The third-order valence-corrected chi connectivity index (χ3v) is 7.15. The van der Waals surface area contributed by atoms with Gasteiger partial charge in [0.15, 0.2) is 23.2 Å². The van der Waals surface area contributed by atoms with E-state index in [1.54, 1.807) is 22.8 Å². The fraction of sp³-hybridized carbons (Fsp3) is 0.476. The maximum atomic E-state index is 13.9. The van der Waals surface area contributed by atoms with Crippen molar-refractivity contribution in [2.75, 3.05) is 11.1 Å². The van der Waals surface area contributed by atoms with Crippen LogP contribution in [-0.2, 0) is 4.74 Å². The van der Waals surface area contributed by atoms with Gasteiger partial charge in [-0.15, -0.1) is 11.8 Å². The second-order valence-electron chi connectivity index (χ2n) is 8.08. The van der Waals surface area contributed by atoms with Gasteiger partial charge in [-0.2, -0.15) is 0 Å². The summed E-state index contributed by atoms with van der Waals surface area (Å²) in [6, 6.07) is 6.28. The highest BCUT2D eigenvalue weighted by Crippen LogP contribution is 2.35. The van der Waals surface area contributed by atoms with Crippen LogP contribution in [0.4, 0.5) is 10.2 Å². The van der Waals surface area contributed by atoms with E-state index in [0.29, 0.717) is 21.9 Å². The zero-order valence-corrected chi connectivity index (χ0v) is 17.9. The van der Waals surface area contributed by atoms with Gasteiger partial charge in [-0.1, -0.05) is 12.1 Å². The van der Waals surface area contributed by atoms with Gasteiger partial charge in [-0.3, -0.25) is 4.57 Å². The molecule has 0 spiro atoms. The molecule has 3 unspecified atom stereocenters. The summed E-state index contributed by atoms with van der Waals surface area (Å²) in [5.74, 6) is 0.426. The van der Waals surface area contributed by atoms with E-state index in [1.165, 1.54) is 30.5 Å². The van der Waals surface area contributed by atoms with Crippen LogP contribution in [0.15, 0.2) is 41.8 Å². The second-order valence-corrected chi connectivity index (χ2v) is 9.14. The van der Waals surface area contributed by atoms with Gasteiger partial charge >= 0.3 is 0 Å². The first kappa shape index (κ1) is 21.5. The Morgan fingerprint density at radius 3 is 2.75 bits per heavy atom. The lowest BCUT2D eigenvalue weighted by Crippen LogP contribution is -2.32. The average molecular weight is 462 g/mol. The minimum Gasteiger partial charge on any atom is -0.391 e. The van der Waals surface area contributed by atoms with Crippen LogP contribution < -0.4 is 5.32 Å². The monoisotopic (exact) mass is 461 g/mol. The standard InChI is InChI=1S/C21H24FN5O4S/c22-11-4-1-2-7-15(11)32-8-14-17(29)18(30)21(31-14)27-10-25-16-19(23-9-24-20(16)27)26-12-5-3-6-13(12)28/h1-2,4,7,9-10,12-14,17-18,21,28-30H,3,5-6,8H2,(H,23,24,26)/t12?,13?,14?,17-,18-,21-/m1/s1. The second kappa shape index (κ2) is 8.91. The number of benzene rings is 1. The lowest BCUT2D eigenvalue weighted by molar-refractivity contribution is -0.0289. The summed E-state index contributed by atoms with van der Waals surface area (Å²) < 4.78 is 21.4. The summed E-state index contributed by atoms with van der Waals surface area (Å²) in [6.07, 6.45) is 0.990. The van der Waals surface area contributed by atoms with E-state index >= 15 is 0 Å². The number of thioether (sulfide) groups is 1. The molecule has 9 nitrogen and oxygen atoms in total. The molecule has 11 heteroatoms. The quantitative estimate of drug-likeness (QED) is 0.406. The Morgan fingerprint density at radius 1 is 1.12 bits per heavy atom. The Hall–Kier alpha value is -2.31. The number of hydrogen-bond donors (Lipinski definition) is 4. The van der Waals surface area contributed by atoms with Crippen LogP contribution in [0.1, 0.15) is 25.5 Å². The van der Waals surface area contributed by atoms with Gasteiger partial charge in [-0.05, 0) is 31.4 Å². The molecule has 0 radical (unpaired) electrons. The molecule has 3 aromatic rings. The first-order valence-corrected chi connectivity index (χ1v) is 11.5. The van der Waals surface area contributed by atoms with Crippen LogP contribution in [0, 0.1) is 5.82 Å². The number of anilines is 1. The molecule has 6 atom stereocenters. The van der Waals surface area contributed by atoms with Crippen LogP contribution in [0.25, 0.3) is 11.2 Å². The fourth-order valence-corrected chi connectivity index (χ4v) is 5.26. The third-order valence-electron chi connectivity index (χ3n) is 6.01. The van der Waals surface area contributed by atoms with Crippen molar-refractivity contribution in [3.8, 4) is 0 Å². The van der Waals surface area contributed by atoms with Crippen LogP contribution in [0.2, 0.25) is 0 Å². The number of rotatable bonds is 6. The number of nitrogens with one attached hydrogen (secondary N) is 1. The molecule has 4 N–H and O–H groups in total. The van der Waals surface area contributed by atoms with E-state index in [-0.39, 0.29) is 17.6 Å². The number of aliphatic hydroxyl groups is 3. The first-order chi connectivity index (χ1) is 15.5. The Kier molecular flexibility index (Phi) is 5.99. The van der Waals surface area contributed by atoms with E-state index in [0.717, 1.165) is 19.3 Å². The molecule has 2 aromatic heterocycles. The molecule has 1 aromatic carbocycles. The lowest BCUT2D eigenvalue weighted by Gasteiger charge is -2.18. The summed E-state index contributed by atoms with van der Waals surface area (Å²) >= 11 is 1.22. The number of ether oxygens (including phenoxy) is 1. The Balaban J connectivity index is 1.34. The Labute approximate surface area is 187 Å². The Morgan fingerprint density at radius 2 is 1.97 bits per heavy atom. The summed E-state index contributed by atoms with van der Waals surface area (Å²) in [5.41, 5.74) is 0.926. The van der Waals surface area contributed by atoms with Gasteiger partial charge in [0, 0.05) is 10.6 Å². The van der Waals surface area contributed by atoms with Gasteiger partial charge in [0.2, 0.25) is 0 Å². The fourth-order valence-electron chi connectivity index (χ4n) is 4.26. The van der Waals surface area contributed by atoms with Crippen molar-refractivity contribution >= 4 is 28.7 Å². The minimum atomic E-state index is -1.21. The smallest absolute Gasteiger partial charge is 0.167 e. The van der Waals surface area contributed by atoms with Crippen molar-refractivity contribution in [3.63, 3.8) is 0 Å². The number of hydrogen-bond acceptors (Lipinski definition) is 9. The molecule has 170 valence electrons. The number of aromatic nitrogens is 4. The van der Waals surface area contributed by atoms with Crippen molar-refractivity contribution in [3.05, 3.63) is 42.7 Å². The van der Waals surface area contributed by atoms with Gasteiger partial charge in [-0.25, -0.2) is 19.3 Å². The molecule has 5 rings (SSSR count). The molecule has 1 aliphatic heterocycles. The molecule has 2 aliphatic rings. The molecular weight excluding hydrogens is 437 g/mol. The van der Waals surface area contributed by atoms with Gasteiger partial charge in [0.1, 0.15) is 24.4 Å². The van der Waals surface area contributed by atoms with Gasteiger partial charge < -0.3 is 25.4 Å². The molecule has 0 amide bonds. The van der Waals surface area contributed by atoms with Crippen molar-refractivity contribution in [2.24, 2.45) is 0 Å². The zero-order valence-electron chi connectivity index (χ0n) is 17.1. The molecule has 1 aliphatic carbocycles. The molecule has 2 fully saturated rings. The van der Waals surface area contributed by atoms with Crippen LogP contribution in [0.5, 0.6) is 0 Å². The minimum absolute atomic E-state index is 0.104. The molecule has 1 saturated heterocycles. The van der Waals surface area contributed by atoms with Crippen molar-refractivity contribution < 1.29 is 24.4 Å². The van der Waals surface area contributed by atoms with E-state index in [1.807, 2.05) is 0 Å². The van der Waals surface area contributed by atoms with Crippen molar-refractivity contribution in [1.29, 1.82) is 0 Å². The Bertz CT molecular complexity index is 1100. The molecular formula is C21H24FN5O4S. The molecule has 1 saturated carbocycles. The topological polar surface area (TPSA) is 126 Å². The summed E-state index contributed by atoms with van der Waals surface area (Å²) in [6.45, 7) is 0. The van der Waals surface area contributed by atoms with Crippen molar-refractivity contribution in [2.45, 2.75) is 60.8 Å². The zero-order chi connectivity index (χ0) is 22.2. The third kappa shape index (κ3) is 3.95. The number of halogens is 1. The highest BCUT2D eigenvalue weighted by Gasteiger charge is 2.44. The first-order valence-electron chi connectivity index (χ1n) is 10.5. The number of nitrogens with zero attached hydrogens (tertiary/aromatic N) is 4. The molecule has 32 heavy (non-hydrogen) atoms. The summed E-state index contributed by atoms with van der Waals surface area (Å²) in [7, 11) is 0. The normalized spacial score (nSPS) is 30.2. The maximum Gasteiger partial charge on any atom is 0.167 e. The van der Waals surface area contributed by atoms with E-state index in [9.17, 15) is 19.7 Å². The highest BCUT2D eigenvalue weighted by molar-refractivity contribution is 7.99. The number of imidazole rings is 1. The van der Waals surface area contributed by atoms with E-state index in [4.69, 9.17) is 4.74 Å². The predicted molar refractivity (Wildman–Crippen MR) is 116 cm³/mol. The molecule has 3 heterocycles. The largest absolute Gasteiger partial charge is 0.391 e. The van der Waals surface area contributed by atoms with Crippen LogP contribution >= 0.6 is 11.8 Å². The highest BCUT2D eigenvalue weighted by atomic mass is 32.2. The van der Waals surface area contributed by atoms with E-state index in [2.05, 4.69) is 20.3 Å². The van der Waals surface area contributed by atoms with E-state index < -0.39 is 30.6 Å². The van der Waals surface area contributed by atoms with Crippen LogP contribution in [0.3, 0.4) is 0 Å². The molecule has 0 bridgehead atoms. The van der Waals surface area contributed by atoms with Crippen molar-refractivity contribution in [1.82, 2.24) is 19.5 Å². The average Bonchev–Trinajstić information content (AvgIpc) is 3.47. The lowest BCUT2D eigenvalue weighted by atomic mass is 10.1. The number of aliphatic hydroxyl groups excluding tert-OH is 3. The van der Waals surface area contributed by atoms with Crippen LogP contribution in [-0.4, -0.2) is 71.0 Å². The van der Waals surface area contributed by atoms with Gasteiger partial charge in [0.25, 0.3) is 0 Å². The predicted octanol–water partition coefficient (Wildman–Crippen LogP) is 1.70. The number of fused-ring (bicyclic) bond motifs is 1. The van der Waals surface area contributed by atoms with Gasteiger partial charge in [0.05, 0.1) is 24.6 Å². The SMILES string of the molecule is OC1CCCC1Nc1ncnc2c1ncn2[C@@H]1OC(CSc2ccccc2F)[C@@H](O)[C@H]1O. The summed E-state index contributed by atoms with van der Waals surface area (Å²) in [5, 5.41) is 34.5.